The van der Waals surface area contributed by atoms with E-state index in [4.69, 9.17) is 9.84 Å². The first-order chi connectivity index (χ1) is 7.40. The molecule has 4 nitrogen and oxygen atoms in total. The van der Waals surface area contributed by atoms with Crippen LogP contribution in [0.4, 0.5) is 0 Å². The summed E-state index contributed by atoms with van der Waals surface area (Å²) in [5, 5.41) is 9.09. The number of carbonyl (C=O) groups excluding carboxylic acids is 1. The molecular weight excluding hydrogens is 206 g/mol. The Bertz CT molecular complexity index is 235. The van der Waals surface area contributed by atoms with E-state index in [-0.39, 0.29) is 12.6 Å². The van der Waals surface area contributed by atoms with E-state index in [1.807, 2.05) is 20.8 Å². The topological polar surface area (TPSA) is 49.8 Å². The summed E-state index contributed by atoms with van der Waals surface area (Å²) < 4.78 is 5.27. The third kappa shape index (κ3) is 4.94. The van der Waals surface area contributed by atoms with Gasteiger partial charge in [-0.25, -0.2) is 0 Å². The average molecular weight is 229 g/mol. The van der Waals surface area contributed by atoms with Crippen LogP contribution in [0, 0.1) is 5.92 Å². The number of hydrogen-bond acceptors (Lipinski definition) is 4. The Morgan fingerprint density at radius 2 is 2.19 bits per heavy atom. The summed E-state index contributed by atoms with van der Waals surface area (Å²) in [7, 11) is 0. The Morgan fingerprint density at radius 3 is 2.75 bits per heavy atom. The van der Waals surface area contributed by atoms with Crippen molar-refractivity contribution in [2.75, 3.05) is 26.2 Å². The SMILES string of the molecule is CC(C)(C)OC(=O)CN1CCCC(CO)C1. The van der Waals surface area contributed by atoms with Gasteiger partial charge in [0, 0.05) is 13.2 Å². The molecule has 1 aliphatic rings. The molecule has 4 heteroatoms. The van der Waals surface area contributed by atoms with E-state index in [0.29, 0.717) is 12.5 Å². The fourth-order valence-electron chi connectivity index (χ4n) is 2.00. The van der Waals surface area contributed by atoms with Gasteiger partial charge in [-0.2, -0.15) is 0 Å². The molecule has 1 atom stereocenters. The smallest absolute Gasteiger partial charge is 0.320 e. The maximum atomic E-state index is 11.6. The number of likely N-dealkylation sites (tertiary alicyclic amines) is 1. The van der Waals surface area contributed by atoms with Crippen LogP contribution in [0.15, 0.2) is 0 Å². The van der Waals surface area contributed by atoms with Crippen molar-refractivity contribution >= 4 is 5.97 Å². The number of piperidine rings is 1. The molecule has 0 saturated carbocycles. The first-order valence-electron chi connectivity index (χ1n) is 5.96. The fraction of sp³-hybridized carbons (Fsp3) is 0.917. The largest absolute Gasteiger partial charge is 0.459 e. The van der Waals surface area contributed by atoms with Gasteiger partial charge >= 0.3 is 5.97 Å². The van der Waals surface area contributed by atoms with Crippen LogP contribution < -0.4 is 0 Å². The van der Waals surface area contributed by atoms with Crippen LogP contribution in [-0.2, 0) is 9.53 Å². The molecule has 0 aromatic heterocycles. The number of hydrogen-bond donors (Lipinski definition) is 1. The lowest BCUT2D eigenvalue weighted by Gasteiger charge is -2.31. The van der Waals surface area contributed by atoms with Gasteiger partial charge in [0.15, 0.2) is 0 Å². The van der Waals surface area contributed by atoms with E-state index in [0.717, 1.165) is 25.9 Å². The highest BCUT2D eigenvalue weighted by Crippen LogP contribution is 2.16. The summed E-state index contributed by atoms with van der Waals surface area (Å²) in [5.41, 5.74) is -0.413. The lowest BCUT2D eigenvalue weighted by molar-refractivity contribution is -0.156. The van der Waals surface area contributed by atoms with E-state index in [1.54, 1.807) is 0 Å². The van der Waals surface area contributed by atoms with Crippen molar-refractivity contribution in [2.45, 2.75) is 39.2 Å². The Labute approximate surface area is 97.6 Å². The second kappa shape index (κ2) is 5.64. The van der Waals surface area contributed by atoms with Crippen LogP contribution in [-0.4, -0.2) is 47.8 Å². The molecule has 1 rings (SSSR count). The van der Waals surface area contributed by atoms with Crippen molar-refractivity contribution in [2.24, 2.45) is 5.92 Å². The van der Waals surface area contributed by atoms with Gasteiger partial charge in [-0.05, 0) is 46.1 Å². The van der Waals surface area contributed by atoms with Gasteiger partial charge < -0.3 is 9.84 Å². The summed E-state index contributed by atoms with van der Waals surface area (Å²) in [5.74, 6) is 0.141. The molecule has 0 aliphatic carbocycles. The van der Waals surface area contributed by atoms with Crippen molar-refractivity contribution in [3.05, 3.63) is 0 Å². The van der Waals surface area contributed by atoms with Crippen LogP contribution in [0.25, 0.3) is 0 Å². The Balaban J connectivity index is 2.33. The molecule has 0 spiro atoms. The quantitative estimate of drug-likeness (QED) is 0.734. The van der Waals surface area contributed by atoms with Crippen LogP contribution in [0.3, 0.4) is 0 Å². The first kappa shape index (κ1) is 13.5. The minimum absolute atomic E-state index is 0.175. The molecule has 1 fully saturated rings. The molecule has 1 N–H and O–H groups in total. The molecule has 1 unspecified atom stereocenters. The molecule has 0 amide bonds. The second-order valence-corrected chi connectivity index (χ2v) is 5.51. The minimum Gasteiger partial charge on any atom is -0.459 e. The van der Waals surface area contributed by atoms with Gasteiger partial charge in [-0.15, -0.1) is 0 Å². The highest BCUT2D eigenvalue weighted by atomic mass is 16.6. The van der Waals surface area contributed by atoms with E-state index in [2.05, 4.69) is 4.90 Å². The summed E-state index contributed by atoms with van der Waals surface area (Å²) >= 11 is 0. The van der Waals surface area contributed by atoms with E-state index in [1.165, 1.54) is 0 Å². The van der Waals surface area contributed by atoms with Crippen molar-refractivity contribution in [1.82, 2.24) is 4.90 Å². The van der Waals surface area contributed by atoms with E-state index >= 15 is 0 Å². The Hall–Kier alpha value is -0.610. The number of aliphatic hydroxyl groups excluding tert-OH is 1. The van der Waals surface area contributed by atoms with Gasteiger partial charge in [0.05, 0.1) is 6.54 Å². The van der Waals surface area contributed by atoms with Crippen LogP contribution in [0.2, 0.25) is 0 Å². The second-order valence-electron chi connectivity index (χ2n) is 5.51. The fourth-order valence-corrected chi connectivity index (χ4v) is 2.00. The number of nitrogens with zero attached hydrogens (tertiary/aromatic N) is 1. The molecule has 94 valence electrons. The maximum absolute atomic E-state index is 11.6. The molecule has 0 bridgehead atoms. The Kier molecular flexibility index (Phi) is 4.74. The molecule has 0 aromatic rings. The minimum atomic E-state index is -0.413. The molecule has 1 saturated heterocycles. The third-order valence-electron chi connectivity index (χ3n) is 2.63. The highest BCUT2D eigenvalue weighted by Gasteiger charge is 2.23. The molecule has 16 heavy (non-hydrogen) atoms. The van der Waals surface area contributed by atoms with Gasteiger partial charge in [-0.1, -0.05) is 0 Å². The Morgan fingerprint density at radius 1 is 1.50 bits per heavy atom. The zero-order valence-electron chi connectivity index (χ0n) is 10.5. The highest BCUT2D eigenvalue weighted by molar-refractivity contribution is 5.72. The third-order valence-corrected chi connectivity index (χ3v) is 2.63. The van der Waals surface area contributed by atoms with Crippen molar-refractivity contribution in [3.8, 4) is 0 Å². The van der Waals surface area contributed by atoms with Gasteiger partial charge in [0.1, 0.15) is 5.60 Å². The van der Waals surface area contributed by atoms with Crippen molar-refractivity contribution < 1.29 is 14.6 Å². The molecule has 1 aliphatic heterocycles. The standard InChI is InChI=1S/C12H23NO3/c1-12(2,3)16-11(15)8-13-6-4-5-10(7-13)9-14/h10,14H,4-9H2,1-3H3. The zero-order chi connectivity index (χ0) is 12.2. The normalized spacial score (nSPS) is 23.1. The van der Waals surface area contributed by atoms with Crippen molar-refractivity contribution in [3.63, 3.8) is 0 Å². The molecular formula is C12H23NO3. The summed E-state index contributed by atoms with van der Waals surface area (Å²) in [6.07, 6.45) is 2.11. The maximum Gasteiger partial charge on any atom is 0.320 e. The first-order valence-corrected chi connectivity index (χ1v) is 5.96. The summed E-state index contributed by atoms with van der Waals surface area (Å²) in [4.78, 5) is 13.7. The average Bonchev–Trinajstić information content (AvgIpc) is 2.15. The number of rotatable bonds is 3. The molecule has 0 aromatic carbocycles. The van der Waals surface area contributed by atoms with Gasteiger partial charge in [0.25, 0.3) is 0 Å². The monoisotopic (exact) mass is 229 g/mol. The van der Waals surface area contributed by atoms with Crippen molar-refractivity contribution in [1.29, 1.82) is 0 Å². The number of ether oxygens (including phenoxy) is 1. The predicted octanol–water partition coefficient (Wildman–Crippen LogP) is 1.03. The van der Waals surface area contributed by atoms with Gasteiger partial charge in [0.2, 0.25) is 0 Å². The number of aliphatic hydroxyl groups is 1. The van der Waals surface area contributed by atoms with E-state index in [9.17, 15) is 4.79 Å². The van der Waals surface area contributed by atoms with Crippen LogP contribution >= 0.6 is 0 Å². The lowest BCUT2D eigenvalue weighted by Crippen LogP contribution is -2.41. The summed E-state index contributed by atoms with van der Waals surface area (Å²) in [6, 6.07) is 0. The number of carbonyl (C=O) groups is 1. The predicted molar refractivity (Wildman–Crippen MR) is 62.1 cm³/mol. The molecule has 0 radical (unpaired) electrons. The van der Waals surface area contributed by atoms with E-state index < -0.39 is 5.60 Å². The van der Waals surface area contributed by atoms with Crippen LogP contribution in [0.1, 0.15) is 33.6 Å². The summed E-state index contributed by atoms with van der Waals surface area (Å²) in [6.45, 7) is 7.90. The molecule has 1 heterocycles. The zero-order valence-corrected chi connectivity index (χ0v) is 10.5. The lowest BCUT2D eigenvalue weighted by atomic mass is 9.99. The number of esters is 1. The van der Waals surface area contributed by atoms with Gasteiger partial charge in [-0.3, -0.25) is 9.69 Å². The van der Waals surface area contributed by atoms with Crippen LogP contribution in [0.5, 0.6) is 0 Å².